The van der Waals surface area contributed by atoms with Crippen LogP contribution in [-0.2, 0) is 20.8 Å². The minimum absolute atomic E-state index is 0.0906. The van der Waals surface area contributed by atoms with Gasteiger partial charge in [-0.05, 0) is 5.56 Å². The van der Waals surface area contributed by atoms with Crippen molar-refractivity contribution in [3.05, 3.63) is 47.9 Å². The summed E-state index contributed by atoms with van der Waals surface area (Å²) < 4.78 is 10.4. The van der Waals surface area contributed by atoms with Gasteiger partial charge < -0.3 is 19.5 Å². The number of aliphatic hydroxyl groups is 1. The molecule has 0 radical (unpaired) electrons. The number of carbonyl (C=O) groups excluding carboxylic acids is 1. The van der Waals surface area contributed by atoms with Crippen molar-refractivity contribution in [2.24, 2.45) is 0 Å². The van der Waals surface area contributed by atoms with Gasteiger partial charge in [-0.25, -0.2) is 0 Å². The van der Waals surface area contributed by atoms with Crippen LogP contribution in [0.3, 0.4) is 0 Å². The lowest BCUT2D eigenvalue weighted by Gasteiger charge is -2.24. The molecule has 0 saturated heterocycles. The first-order valence-corrected chi connectivity index (χ1v) is 6.20. The van der Waals surface area contributed by atoms with E-state index >= 15 is 0 Å². The minimum Gasteiger partial charge on any atom is -0.494 e. The fraction of sp³-hybridized carbons (Fsp3) is 0.357. The summed E-state index contributed by atoms with van der Waals surface area (Å²) in [6.45, 7) is 1.42. The Balaban J connectivity index is 2.06. The number of benzene rings is 1. The largest absolute Gasteiger partial charge is 0.494 e. The van der Waals surface area contributed by atoms with Gasteiger partial charge in [0.1, 0.15) is 19.5 Å². The van der Waals surface area contributed by atoms with Gasteiger partial charge in [-0.2, -0.15) is 0 Å². The van der Waals surface area contributed by atoms with Gasteiger partial charge in [0.15, 0.2) is 0 Å². The second-order valence-electron chi connectivity index (χ2n) is 4.14. The molecule has 0 atom stereocenters. The molecule has 5 heteroatoms. The Morgan fingerprint density at radius 2 is 2.05 bits per heavy atom. The van der Waals surface area contributed by atoms with Crippen molar-refractivity contribution in [1.29, 1.82) is 0 Å². The van der Waals surface area contributed by atoms with Crippen LogP contribution in [0.4, 0.5) is 0 Å². The Morgan fingerprint density at radius 3 is 2.68 bits per heavy atom. The Labute approximate surface area is 112 Å². The van der Waals surface area contributed by atoms with Crippen molar-refractivity contribution in [2.75, 3.05) is 26.4 Å². The van der Waals surface area contributed by atoms with E-state index < -0.39 is 0 Å². The highest BCUT2D eigenvalue weighted by atomic mass is 16.6. The molecule has 1 amide bonds. The number of hydrogen-bond donors (Lipinski definition) is 1. The van der Waals surface area contributed by atoms with E-state index in [0.717, 1.165) is 5.56 Å². The SMILES string of the molecule is O=C(C1=COCCO1)N(CCO)Cc1ccccc1. The van der Waals surface area contributed by atoms with Crippen LogP contribution < -0.4 is 0 Å². The zero-order chi connectivity index (χ0) is 13.5. The summed E-state index contributed by atoms with van der Waals surface area (Å²) in [5.74, 6) is -0.0757. The van der Waals surface area contributed by atoms with Crippen LogP contribution in [0.5, 0.6) is 0 Å². The zero-order valence-corrected chi connectivity index (χ0v) is 10.6. The molecule has 0 unspecified atom stereocenters. The van der Waals surface area contributed by atoms with Crippen LogP contribution in [0.15, 0.2) is 42.4 Å². The lowest BCUT2D eigenvalue weighted by atomic mass is 10.2. The predicted molar refractivity (Wildman–Crippen MR) is 68.9 cm³/mol. The molecule has 0 bridgehead atoms. The summed E-state index contributed by atoms with van der Waals surface area (Å²) in [4.78, 5) is 13.8. The number of nitrogens with zero attached hydrogens (tertiary/aromatic N) is 1. The molecule has 1 N–H and O–H groups in total. The molecular formula is C14H17NO4. The third-order valence-corrected chi connectivity index (χ3v) is 2.73. The molecule has 0 fully saturated rings. The summed E-state index contributed by atoms with van der Waals surface area (Å²) >= 11 is 0. The Morgan fingerprint density at radius 1 is 1.26 bits per heavy atom. The molecule has 1 aromatic carbocycles. The van der Waals surface area contributed by atoms with Crippen LogP contribution in [0.1, 0.15) is 5.56 Å². The molecule has 1 aliphatic rings. The molecule has 102 valence electrons. The number of aliphatic hydroxyl groups excluding tert-OH is 1. The number of hydrogen-bond acceptors (Lipinski definition) is 4. The molecule has 0 saturated carbocycles. The summed E-state index contributed by atoms with van der Waals surface area (Å²) in [5.41, 5.74) is 1.00. The molecule has 1 aromatic rings. The van der Waals surface area contributed by atoms with Gasteiger partial charge in [-0.3, -0.25) is 4.79 Å². The van der Waals surface area contributed by atoms with E-state index in [1.807, 2.05) is 30.3 Å². The van der Waals surface area contributed by atoms with Crippen LogP contribution in [0, 0.1) is 0 Å². The van der Waals surface area contributed by atoms with Crippen LogP contribution >= 0.6 is 0 Å². The highest BCUT2D eigenvalue weighted by molar-refractivity contribution is 5.91. The average Bonchev–Trinajstić information content (AvgIpc) is 2.48. The third-order valence-electron chi connectivity index (χ3n) is 2.73. The van der Waals surface area contributed by atoms with E-state index in [2.05, 4.69) is 0 Å². The molecule has 2 rings (SSSR count). The average molecular weight is 263 g/mol. The van der Waals surface area contributed by atoms with Crippen molar-refractivity contribution in [1.82, 2.24) is 4.90 Å². The molecule has 0 aromatic heterocycles. The lowest BCUT2D eigenvalue weighted by Crippen LogP contribution is -2.35. The molecular weight excluding hydrogens is 246 g/mol. The smallest absolute Gasteiger partial charge is 0.292 e. The van der Waals surface area contributed by atoms with E-state index in [1.54, 1.807) is 0 Å². The first-order valence-electron chi connectivity index (χ1n) is 6.20. The monoisotopic (exact) mass is 263 g/mol. The third kappa shape index (κ3) is 3.72. The van der Waals surface area contributed by atoms with Gasteiger partial charge in [0.25, 0.3) is 5.91 Å². The van der Waals surface area contributed by atoms with Gasteiger partial charge in [0, 0.05) is 13.1 Å². The van der Waals surface area contributed by atoms with E-state index in [1.165, 1.54) is 11.2 Å². The van der Waals surface area contributed by atoms with Gasteiger partial charge in [-0.1, -0.05) is 30.3 Å². The fourth-order valence-corrected chi connectivity index (χ4v) is 1.81. The van der Waals surface area contributed by atoms with Crippen LogP contribution in [-0.4, -0.2) is 42.3 Å². The minimum atomic E-state index is -0.266. The van der Waals surface area contributed by atoms with E-state index in [0.29, 0.717) is 19.8 Å². The maximum Gasteiger partial charge on any atom is 0.292 e. The Hall–Kier alpha value is -2.01. The first-order chi connectivity index (χ1) is 9.31. The topological polar surface area (TPSA) is 59.0 Å². The maximum atomic E-state index is 12.2. The Bertz CT molecular complexity index is 444. The van der Waals surface area contributed by atoms with E-state index in [9.17, 15) is 4.79 Å². The lowest BCUT2D eigenvalue weighted by molar-refractivity contribution is -0.133. The molecule has 1 aliphatic heterocycles. The highest BCUT2D eigenvalue weighted by Crippen LogP contribution is 2.12. The van der Waals surface area contributed by atoms with Gasteiger partial charge in [-0.15, -0.1) is 0 Å². The molecule has 0 spiro atoms. The summed E-state index contributed by atoms with van der Waals surface area (Å²) in [7, 11) is 0. The number of amides is 1. The summed E-state index contributed by atoms with van der Waals surface area (Å²) in [6.07, 6.45) is 1.33. The van der Waals surface area contributed by atoms with Gasteiger partial charge in [0.2, 0.25) is 5.76 Å². The van der Waals surface area contributed by atoms with Crippen molar-refractivity contribution >= 4 is 5.91 Å². The molecule has 5 nitrogen and oxygen atoms in total. The van der Waals surface area contributed by atoms with Crippen LogP contribution in [0.2, 0.25) is 0 Å². The highest BCUT2D eigenvalue weighted by Gasteiger charge is 2.21. The molecule has 19 heavy (non-hydrogen) atoms. The van der Waals surface area contributed by atoms with Gasteiger partial charge in [0.05, 0.1) is 6.61 Å². The standard InChI is InChI=1S/C14H17NO4/c16-7-6-15(10-12-4-2-1-3-5-12)14(17)13-11-18-8-9-19-13/h1-5,11,16H,6-10H2. The number of carbonyl (C=O) groups is 1. The molecule has 1 heterocycles. The predicted octanol–water partition coefficient (Wildman–Crippen LogP) is 0.896. The quantitative estimate of drug-likeness (QED) is 0.857. The molecule has 0 aliphatic carbocycles. The normalized spacial score (nSPS) is 14.1. The zero-order valence-electron chi connectivity index (χ0n) is 10.6. The second-order valence-corrected chi connectivity index (χ2v) is 4.14. The van der Waals surface area contributed by atoms with Crippen LogP contribution in [0.25, 0.3) is 0 Å². The van der Waals surface area contributed by atoms with E-state index in [4.69, 9.17) is 14.6 Å². The van der Waals surface area contributed by atoms with Crippen molar-refractivity contribution in [3.63, 3.8) is 0 Å². The van der Waals surface area contributed by atoms with Crippen molar-refractivity contribution in [3.8, 4) is 0 Å². The summed E-state index contributed by atoms with van der Waals surface area (Å²) in [5, 5.41) is 9.08. The number of rotatable bonds is 5. The first kappa shape index (κ1) is 13.4. The van der Waals surface area contributed by atoms with E-state index in [-0.39, 0.29) is 24.8 Å². The van der Waals surface area contributed by atoms with Crippen molar-refractivity contribution in [2.45, 2.75) is 6.54 Å². The summed E-state index contributed by atoms with van der Waals surface area (Å²) in [6, 6.07) is 9.61. The Kier molecular flexibility index (Phi) is 4.80. The van der Waals surface area contributed by atoms with Crippen molar-refractivity contribution < 1.29 is 19.4 Å². The second kappa shape index (κ2) is 6.80. The maximum absolute atomic E-state index is 12.2. The number of ether oxygens (including phenoxy) is 2. The van der Waals surface area contributed by atoms with Gasteiger partial charge >= 0.3 is 0 Å². The fourth-order valence-electron chi connectivity index (χ4n) is 1.81.